The number of nitrogens with zero attached hydrogens (tertiary/aromatic N) is 4. The number of carbonyl (C=O) groups is 2. The molecule has 1 aliphatic carbocycles. The number of nitrogens with two attached hydrogens (primary N) is 1. The lowest BCUT2D eigenvalue weighted by Gasteiger charge is -2.42. The van der Waals surface area contributed by atoms with Crippen molar-refractivity contribution in [3.63, 3.8) is 0 Å². The van der Waals surface area contributed by atoms with Crippen LogP contribution < -0.4 is 10.6 Å². The van der Waals surface area contributed by atoms with E-state index in [9.17, 15) is 14.9 Å². The summed E-state index contributed by atoms with van der Waals surface area (Å²) in [6, 6.07) is 10.1. The second-order valence-corrected chi connectivity index (χ2v) is 11.3. The van der Waals surface area contributed by atoms with E-state index in [1.165, 1.54) is 30.2 Å². The molecule has 34 heavy (non-hydrogen) atoms. The van der Waals surface area contributed by atoms with E-state index >= 15 is 0 Å². The molecule has 2 aromatic rings. The van der Waals surface area contributed by atoms with Crippen LogP contribution in [0.2, 0.25) is 0 Å². The molecule has 0 radical (unpaired) electrons. The average Bonchev–Trinajstić information content (AvgIpc) is 3.24. The summed E-state index contributed by atoms with van der Waals surface area (Å²) in [5, 5.41) is 19.1. The van der Waals surface area contributed by atoms with Crippen molar-refractivity contribution >= 4 is 40.0 Å². The number of esters is 1. The van der Waals surface area contributed by atoms with Gasteiger partial charge in [-0.1, -0.05) is 66.8 Å². The molecule has 0 amide bonds. The summed E-state index contributed by atoms with van der Waals surface area (Å²) in [5.41, 5.74) is 9.92. The highest BCUT2D eigenvalue weighted by molar-refractivity contribution is 8.01. The van der Waals surface area contributed by atoms with Crippen LogP contribution in [0.1, 0.15) is 43.7 Å². The second kappa shape index (κ2) is 9.24. The first-order chi connectivity index (χ1) is 16.1. The number of hydrogen-bond donors (Lipinski definition) is 1. The molecule has 0 saturated heterocycles. The molecule has 8 nitrogen and oxygen atoms in total. The van der Waals surface area contributed by atoms with Crippen molar-refractivity contribution in [1.82, 2.24) is 10.2 Å². The number of thioether (sulfide) groups is 1. The van der Waals surface area contributed by atoms with Gasteiger partial charge in [0.1, 0.15) is 5.82 Å². The number of nitriles is 1. The number of Topliss-reactive ketones (excluding diaryl/α,β-unsaturated/α-hetero) is 1. The van der Waals surface area contributed by atoms with Crippen LogP contribution in [0, 0.1) is 23.7 Å². The minimum Gasteiger partial charge on any atom is -0.468 e. The van der Waals surface area contributed by atoms with Gasteiger partial charge in [-0.05, 0) is 24.3 Å². The van der Waals surface area contributed by atoms with Crippen molar-refractivity contribution < 1.29 is 14.3 Å². The number of hydrogen-bond acceptors (Lipinski definition) is 10. The highest BCUT2D eigenvalue weighted by Gasteiger charge is 2.45. The summed E-state index contributed by atoms with van der Waals surface area (Å²) in [7, 11) is 1.33. The predicted molar refractivity (Wildman–Crippen MR) is 131 cm³/mol. The predicted octanol–water partition coefficient (Wildman–Crippen LogP) is 4.05. The van der Waals surface area contributed by atoms with Gasteiger partial charge in [-0.2, -0.15) is 5.26 Å². The molecule has 2 aliphatic rings. The number of methoxy groups -OCH3 is 1. The Kier molecular flexibility index (Phi) is 6.51. The van der Waals surface area contributed by atoms with Gasteiger partial charge in [0.05, 0.1) is 30.4 Å². The molecule has 0 saturated carbocycles. The zero-order chi connectivity index (χ0) is 24.6. The molecular weight excluding hydrogens is 470 g/mol. The summed E-state index contributed by atoms with van der Waals surface area (Å²) in [4.78, 5) is 26.7. The van der Waals surface area contributed by atoms with Crippen molar-refractivity contribution in [2.75, 3.05) is 17.8 Å². The SMILES string of the molecule is COC(=O)CSc1nnc(N2C(N)=C(C#N)C(c3cccc(C)c3)C3=C2CC(C)(C)CC3=O)s1. The fourth-order valence-corrected chi connectivity index (χ4v) is 6.15. The fourth-order valence-electron chi connectivity index (χ4n) is 4.44. The lowest BCUT2D eigenvalue weighted by molar-refractivity contribution is -0.137. The van der Waals surface area contributed by atoms with Gasteiger partial charge in [0.15, 0.2) is 10.1 Å². The molecule has 0 fully saturated rings. The molecule has 0 spiro atoms. The quantitative estimate of drug-likeness (QED) is 0.483. The molecule has 4 rings (SSSR count). The van der Waals surface area contributed by atoms with Crippen LogP contribution in [0.15, 0.2) is 51.3 Å². The maximum atomic E-state index is 13.5. The summed E-state index contributed by atoms with van der Waals surface area (Å²) in [6.45, 7) is 6.07. The van der Waals surface area contributed by atoms with E-state index in [0.717, 1.165) is 16.8 Å². The Labute approximate surface area is 206 Å². The summed E-state index contributed by atoms with van der Waals surface area (Å²) < 4.78 is 5.25. The number of allylic oxidation sites excluding steroid dienone is 3. The molecule has 176 valence electrons. The van der Waals surface area contributed by atoms with E-state index in [-0.39, 0.29) is 28.7 Å². The molecule has 10 heteroatoms. The van der Waals surface area contributed by atoms with Crippen LogP contribution in [0.4, 0.5) is 5.13 Å². The third kappa shape index (κ3) is 4.45. The Hall–Kier alpha value is -3.16. The first-order valence-corrected chi connectivity index (χ1v) is 12.5. The molecule has 1 unspecified atom stereocenters. The van der Waals surface area contributed by atoms with Crippen LogP contribution in [0.5, 0.6) is 0 Å². The number of anilines is 1. The Morgan fingerprint density at radius 2 is 2.15 bits per heavy atom. The number of rotatable bonds is 5. The normalized spacial score (nSPS) is 19.7. The Morgan fingerprint density at radius 1 is 1.38 bits per heavy atom. The van der Waals surface area contributed by atoms with Gasteiger partial charge in [-0.15, -0.1) is 10.2 Å². The van der Waals surface area contributed by atoms with E-state index in [1.807, 2.05) is 45.0 Å². The molecule has 2 N–H and O–H groups in total. The van der Waals surface area contributed by atoms with Crippen LogP contribution in [-0.4, -0.2) is 34.8 Å². The first-order valence-electron chi connectivity index (χ1n) is 10.7. The number of aryl methyl sites for hydroxylation is 1. The van der Waals surface area contributed by atoms with Crippen LogP contribution in [-0.2, 0) is 14.3 Å². The summed E-state index contributed by atoms with van der Waals surface area (Å²) in [6.07, 6.45) is 0.983. The number of ketones is 1. The van der Waals surface area contributed by atoms with Crippen LogP contribution in [0.3, 0.4) is 0 Å². The monoisotopic (exact) mass is 495 g/mol. The second-order valence-electron chi connectivity index (χ2n) is 9.11. The zero-order valence-corrected chi connectivity index (χ0v) is 21.0. The van der Waals surface area contributed by atoms with Crippen LogP contribution >= 0.6 is 23.1 Å². The number of aromatic nitrogens is 2. The minimum atomic E-state index is -0.527. The molecule has 1 aliphatic heterocycles. The number of ether oxygens (including phenoxy) is 1. The molecule has 0 bridgehead atoms. The Morgan fingerprint density at radius 3 is 2.82 bits per heavy atom. The minimum absolute atomic E-state index is 0.00723. The summed E-state index contributed by atoms with van der Waals surface area (Å²) >= 11 is 2.47. The highest BCUT2D eigenvalue weighted by atomic mass is 32.2. The number of benzene rings is 1. The summed E-state index contributed by atoms with van der Waals surface area (Å²) in [5.74, 6) is -0.529. The van der Waals surface area contributed by atoms with Crippen molar-refractivity contribution in [1.29, 1.82) is 5.26 Å². The molecule has 1 aromatic carbocycles. The van der Waals surface area contributed by atoms with Crippen molar-refractivity contribution in [2.45, 2.75) is 43.9 Å². The molecule has 1 aromatic heterocycles. The van der Waals surface area contributed by atoms with E-state index < -0.39 is 5.92 Å². The Balaban J connectivity index is 1.85. The fraction of sp³-hybridized carbons (Fsp3) is 0.375. The van der Waals surface area contributed by atoms with Gasteiger partial charge >= 0.3 is 5.97 Å². The van der Waals surface area contributed by atoms with Crippen molar-refractivity contribution in [3.8, 4) is 6.07 Å². The van der Waals surface area contributed by atoms with Gasteiger partial charge in [0.25, 0.3) is 0 Å². The van der Waals surface area contributed by atoms with E-state index in [1.54, 1.807) is 4.90 Å². The maximum Gasteiger partial charge on any atom is 0.316 e. The topological polar surface area (TPSA) is 122 Å². The van der Waals surface area contributed by atoms with Crippen molar-refractivity contribution in [3.05, 3.63) is 58.1 Å². The molecule has 2 heterocycles. The van der Waals surface area contributed by atoms with Gasteiger partial charge in [-0.25, -0.2) is 0 Å². The van der Waals surface area contributed by atoms with E-state index in [2.05, 4.69) is 21.0 Å². The van der Waals surface area contributed by atoms with Gasteiger partial charge in [-0.3, -0.25) is 14.5 Å². The third-order valence-corrected chi connectivity index (χ3v) is 7.90. The first kappa shape index (κ1) is 24.0. The van der Waals surface area contributed by atoms with Gasteiger partial charge in [0, 0.05) is 17.7 Å². The van der Waals surface area contributed by atoms with E-state index in [4.69, 9.17) is 5.73 Å². The lowest BCUT2D eigenvalue weighted by atomic mass is 9.68. The number of carbonyl (C=O) groups excluding carboxylic acids is 2. The standard InChI is InChI=1S/C24H25N5O3S2/c1-13-6-5-7-14(8-13)19-15(11-25)21(26)29(16-9-24(2,3)10-17(30)20(16)19)22-27-28-23(34-22)33-12-18(31)32-4/h5-8,19H,9-10,12,26H2,1-4H3. The average molecular weight is 496 g/mol. The van der Waals surface area contributed by atoms with Gasteiger partial charge in [0.2, 0.25) is 5.13 Å². The van der Waals surface area contributed by atoms with Crippen molar-refractivity contribution in [2.24, 2.45) is 11.1 Å². The highest BCUT2D eigenvalue weighted by Crippen LogP contribution is 2.50. The Bertz CT molecular complexity index is 1270. The lowest BCUT2D eigenvalue weighted by Crippen LogP contribution is -2.42. The molecule has 1 atom stereocenters. The zero-order valence-electron chi connectivity index (χ0n) is 19.4. The molecular formula is C24H25N5O3S2. The third-order valence-electron chi connectivity index (χ3n) is 5.88. The van der Waals surface area contributed by atoms with Gasteiger partial charge < -0.3 is 10.5 Å². The maximum absolute atomic E-state index is 13.5. The largest absolute Gasteiger partial charge is 0.468 e. The van der Waals surface area contributed by atoms with E-state index in [0.29, 0.717) is 33.5 Å². The smallest absolute Gasteiger partial charge is 0.316 e. The van der Waals surface area contributed by atoms with Crippen LogP contribution in [0.25, 0.3) is 0 Å².